The van der Waals surface area contributed by atoms with Gasteiger partial charge < -0.3 is 0 Å². The molecule has 0 atom stereocenters. The van der Waals surface area contributed by atoms with Crippen LogP contribution in [0, 0.1) is 12.7 Å². The fourth-order valence-electron chi connectivity index (χ4n) is 2.40. The van der Waals surface area contributed by atoms with Crippen LogP contribution in [-0.2, 0) is 11.8 Å². The molecule has 0 amide bonds. The third kappa shape index (κ3) is 3.71. The monoisotopic (exact) mass is 344 g/mol. The van der Waals surface area contributed by atoms with Crippen LogP contribution >= 0.6 is 34.8 Å². The van der Waals surface area contributed by atoms with Crippen LogP contribution in [0.15, 0.2) is 42.5 Å². The molecule has 112 valence electrons. The normalized spacial score (nSPS) is 11.7. The van der Waals surface area contributed by atoms with Crippen LogP contribution in [-0.4, -0.2) is 11.8 Å². The predicted molar refractivity (Wildman–Crippen MR) is 89.4 cm³/mol. The van der Waals surface area contributed by atoms with Gasteiger partial charge in [0, 0.05) is 22.2 Å². The Morgan fingerprint density at radius 2 is 1.76 bits per heavy atom. The summed E-state index contributed by atoms with van der Waals surface area (Å²) in [6.45, 7) is 2.01. The minimum Gasteiger partial charge on any atom is -0.207 e. The Morgan fingerprint density at radius 1 is 1.05 bits per heavy atom. The van der Waals surface area contributed by atoms with Gasteiger partial charge in [-0.25, -0.2) is 4.39 Å². The van der Waals surface area contributed by atoms with Gasteiger partial charge in [-0.2, -0.15) is 0 Å². The van der Waals surface area contributed by atoms with Crippen molar-refractivity contribution >= 4 is 34.8 Å². The maximum absolute atomic E-state index is 14.0. The molecule has 0 unspecified atom stereocenters. The van der Waals surface area contributed by atoms with Gasteiger partial charge in [-0.05, 0) is 42.7 Å². The lowest BCUT2D eigenvalue weighted by Gasteiger charge is -2.31. The van der Waals surface area contributed by atoms with Gasteiger partial charge in [0.25, 0.3) is 0 Å². The fourth-order valence-corrected chi connectivity index (χ4v) is 3.38. The van der Waals surface area contributed by atoms with Crippen molar-refractivity contribution in [3.8, 4) is 0 Å². The van der Waals surface area contributed by atoms with Gasteiger partial charge in [0.05, 0.1) is 0 Å². The molecule has 0 N–H and O–H groups in total. The van der Waals surface area contributed by atoms with Crippen molar-refractivity contribution in [2.45, 2.75) is 18.8 Å². The number of hydrogen-bond acceptors (Lipinski definition) is 0. The van der Waals surface area contributed by atoms with Gasteiger partial charge in [0.1, 0.15) is 5.82 Å². The first kappa shape index (κ1) is 16.6. The summed E-state index contributed by atoms with van der Waals surface area (Å²) >= 11 is 18.4. The first-order valence-corrected chi connectivity index (χ1v) is 8.08. The molecule has 0 saturated carbocycles. The van der Waals surface area contributed by atoms with Crippen LogP contribution in [0.25, 0.3) is 0 Å². The van der Waals surface area contributed by atoms with E-state index < -0.39 is 5.41 Å². The smallest absolute Gasteiger partial charge is 0.126 e. The third-order valence-electron chi connectivity index (χ3n) is 3.68. The zero-order valence-corrected chi connectivity index (χ0v) is 13.9. The van der Waals surface area contributed by atoms with Gasteiger partial charge in [-0.1, -0.05) is 41.4 Å². The zero-order chi connectivity index (χ0) is 15.5. The lowest BCUT2D eigenvalue weighted by Crippen LogP contribution is -2.33. The molecule has 21 heavy (non-hydrogen) atoms. The molecule has 0 radical (unpaired) electrons. The molecule has 0 spiro atoms. The summed E-state index contributed by atoms with van der Waals surface area (Å²) in [5.74, 6) is 0.337. The molecule has 0 aromatic heterocycles. The van der Waals surface area contributed by atoms with Crippen molar-refractivity contribution in [1.82, 2.24) is 0 Å². The molecular formula is C17H16Cl3F. The van der Waals surface area contributed by atoms with Gasteiger partial charge in [0.15, 0.2) is 0 Å². The van der Waals surface area contributed by atoms with Crippen LogP contribution < -0.4 is 0 Å². The summed E-state index contributed by atoms with van der Waals surface area (Å²) < 4.78 is 14.0. The van der Waals surface area contributed by atoms with Gasteiger partial charge in [-0.3, -0.25) is 0 Å². The van der Waals surface area contributed by atoms with Gasteiger partial charge in [0.2, 0.25) is 0 Å². The number of benzene rings is 2. The Bertz CT molecular complexity index is 621. The van der Waals surface area contributed by atoms with E-state index in [1.165, 1.54) is 12.1 Å². The Hall–Kier alpha value is -0.760. The maximum Gasteiger partial charge on any atom is 0.126 e. The summed E-state index contributed by atoms with van der Waals surface area (Å²) in [4.78, 5) is 0. The largest absolute Gasteiger partial charge is 0.207 e. The topological polar surface area (TPSA) is 0 Å². The molecule has 0 aliphatic rings. The highest BCUT2D eigenvalue weighted by atomic mass is 35.5. The Kier molecular flexibility index (Phi) is 5.54. The van der Waals surface area contributed by atoms with Crippen molar-refractivity contribution in [2.75, 3.05) is 11.8 Å². The van der Waals surface area contributed by atoms with E-state index in [1.54, 1.807) is 6.07 Å². The number of aryl methyl sites for hydroxylation is 1. The van der Waals surface area contributed by atoms with E-state index in [1.807, 2.05) is 31.2 Å². The first-order chi connectivity index (χ1) is 10.0. The summed E-state index contributed by atoms with van der Waals surface area (Å²) in [7, 11) is 0. The molecule has 0 heterocycles. The van der Waals surface area contributed by atoms with Crippen LogP contribution in [0.3, 0.4) is 0 Å². The van der Waals surface area contributed by atoms with Crippen molar-refractivity contribution < 1.29 is 4.39 Å². The molecule has 0 saturated heterocycles. The Morgan fingerprint density at radius 3 is 2.38 bits per heavy atom. The Balaban J connectivity index is 2.45. The average molecular weight is 346 g/mol. The molecule has 0 aliphatic heterocycles. The lowest BCUT2D eigenvalue weighted by molar-refractivity contribution is 0.512. The van der Waals surface area contributed by atoms with E-state index >= 15 is 0 Å². The van der Waals surface area contributed by atoms with Crippen molar-refractivity contribution in [3.63, 3.8) is 0 Å². The molecule has 0 fully saturated rings. The third-order valence-corrected chi connectivity index (χ3v) is 4.94. The quantitative estimate of drug-likeness (QED) is 0.606. The number of alkyl halides is 2. The average Bonchev–Trinajstić information content (AvgIpc) is 2.48. The van der Waals surface area contributed by atoms with Crippen LogP contribution in [0.1, 0.15) is 16.7 Å². The molecule has 0 bridgehead atoms. The maximum atomic E-state index is 14.0. The SMILES string of the molecule is Cc1cccc(C(CCl)(CCl)Cc2cc(Cl)ccc2F)c1. The van der Waals surface area contributed by atoms with E-state index in [0.717, 1.165) is 11.1 Å². The zero-order valence-electron chi connectivity index (χ0n) is 11.7. The highest BCUT2D eigenvalue weighted by Crippen LogP contribution is 2.33. The first-order valence-electron chi connectivity index (χ1n) is 6.64. The van der Waals surface area contributed by atoms with E-state index in [0.29, 0.717) is 28.8 Å². The van der Waals surface area contributed by atoms with Gasteiger partial charge >= 0.3 is 0 Å². The molecule has 2 rings (SSSR count). The van der Waals surface area contributed by atoms with E-state index in [-0.39, 0.29) is 5.82 Å². The molecule has 0 aliphatic carbocycles. The summed E-state index contributed by atoms with van der Waals surface area (Å²) in [5, 5.41) is 0.508. The van der Waals surface area contributed by atoms with Crippen molar-refractivity contribution in [3.05, 3.63) is 70.0 Å². The van der Waals surface area contributed by atoms with E-state index in [2.05, 4.69) is 0 Å². The molecule has 2 aromatic carbocycles. The number of rotatable bonds is 5. The van der Waals surface area contributed by atoms with E-state index in [9.17, 15) is 4.39 Å². The summed E-state index contributed by atoms with van der Waals surface area (Å²) in [6.07, 6.45) is 0.413. The van der Waals surface area contributed by atoms with Gasteiger partial charge in [-0.15, -0.1) is 23.2 Å². The fraction of sp³-hybridized carbons (Fsp3) is 0.294. The second kappa shape index (κ2) is 7.00. The predicted octanol–water partition coefficient (Wildman–Crippen LogP) is 5.75. The molecule has 0 nitrogen and oxygen atoms in total. The number of halogens is 4. The highest BCUT2D eigenvalue weighted by molar-refractivity contribution is 6.30. The highest BCUT2D eigenvalue weighted by Gasteiger charge is 2.32. The summed E-state index contributed by atoms with van der Waals surface area (Å²) in [5.41, 5.74) is 2.16. The van der Waals surface area contributed by atoms with Crippen LogP contribution in [0.4, 0.5) is 4.39 Å². The summed E-state index contributed by atoms with van der Waals surface area (Å²) in [6, 6.07) is 12.6. The van der Waals surface area contributed by atoms with Crippen LogP contribution in [0.2, 0.25) is 5.02 Å². The second-order valence-corrected chi connectivity index (χ2v) is 6.30. The Labute approximate surface area is 139 Å². The number of hydrogen-bond donors (Lipinski definition) is 0. The lowest BCUT2D eigenvalue weighted by atomic mass is 9.78. The van der Waals surface area contributed by atoms with Crippen LogP contribution in [0.5, 0.6) is 0 Å². The molecular weight excluding hydrogens is 330 g/mol. The second-order valence-electron chi connectivity index (χ2n) is 5.33. The minimum absolute atomic E-state index is 0.285. The minimum atomic E-state index is -0.513. The molecule has 2 aromatic rings. The molecule has 4 heteroatoms. The van der Waals surface area contributed by atoms with Crippen molar-refractivity contribution in [2.24, 2.45) is 0 Å². The van der Waals surface area contributed by atoms with Crippen molar-refractivity contribution in [1.29, 1.82) is 0 Å². The standard InChI is InChI=1S/C17H16Cl3F/c1-12-3-2-4-14(7-12)17(10-18,11-19)9-13-8-15(20)5-6-16(13)21/h2-8H,9-11H2,1H3. The van der Waals surface area contributed by atoms with E-state index in [4.69, 9.17) is 34.8 Å².